The van der Waals surface area contributed by atoms with E-state index in [0.29, 0.717) is 5.56 Å². The first-order valence-electron chi connectivity index (χ1n) is 5.99. The van der Waals surface area contributed by atoms with Crippen LogP contribution in [0.15, 0.2) is 18.2 Å². The predicted octanol–water partition coefficient (Wildman–Crippen LogP) is 2.16. The van der Waals surface area contributed by atoms with Crippen LogP contribution >= 0.6 is 12.4 Å². The van der Waals surface area contributed by atoms with Crippen molar-refractivity contribution in [2.24, 2.45) is 11.7 Å². The minimum atomic E-state index is -0.608. The topological polar surface area (TPSA) is 81.2 Å². The van der Waals surface area contributed by atoms with Crippen LogP contribution in [-0.2, 0) is 0 Å². The van der Waals surface area contributed by atoms with Crippen LogP contribution in [0.5, 0.6) is 0 Å². The Morgan fingerprint density at radius 3 is 2.63 bits per heavy atom. The fourth-order valence-corrected chi connectivity index (χ4v) is 2.41. The van der Waals surface area contributed by atoms with Crippen LogP contribution in [0.3, 0.4) is 0 Å². The summed E-state index contributed by atoms with van der Waals surface area (Å²) < 4.78 is 13.1. The van der Waals surface area contributed by atoms with E-state index in [-0.39, 0.29) is 24.0 Å². The van der Waals surface area contributed by atoms with Crippen LogP contribution in [0.1, 0.15) is 24.4 Å². The number of nitro groups is 1. The van der Waals surface area contributed by atoms with Gasteiger partial charge in [-0.05, 0) is 44.0 Å². The Bertz CT molecular complexity index is 453. The monoisotopic (exact) mass is 289 g/mol. The third kappa shape index (κ3) is 3.62. The largest absolute Gasteiger partial charge is 0.323 e. The van der Waals surface area contributed by atoms with Gasteiger partial charge in [0.05, 0.1) is 11.0 Å². The number of nitrogens with zero attached hydrogens (tertiary/aromatic N) is 1. The maximum absolute atomic E-state index is 13.1. The van der Waals surface area contributed by atoms with E-state index in [4.69, 9.17) is 5.73 Å². The van der Waals surface area contributed by atoms with Gasteiger partial charge in [0.2, 0.25) is 0 Å². The Hall–Kier alpha value is -1.24. The molecule has 1 saturated heterocycles. The van der Waals surface area contributed by atoms with E-state index in [1.807, 2.05) is 0 Å². The molecule has 3 N–H and O–H groups in total. The zero-order valence-corrected chi connectivity index (χ0v) is 11.2. The molecule has 0 aromatic heterocycles. The summed E-state index contributed by atoms with van der Waals surface area (Å²) in [5, 5.41) is 14.2. The maximum Gasteiger partial charge on any atom is 0.277 e. The Kier molecular flexibility index (Phi) is 5.65. The van der Waals surface area contributed by atoms with E-state index < -0.39 is 16.8 Å². The van der Waals surface area contributed by atoms with Gasteiger partial charge in [0.1, 0.15) is 5.82 Å². The minimum absolute atomic E-state index is 0. The van der Waals surface area contributed by atoms with E-state index in [0.717, 1.165) is 32.0 Å². The molecule has 1 heterocycles. The summed E-state index contributed by atoms with van der Waals surface area (Å²) in [5.74, 6) is -0.404. The van der Waals surface area contributed by atoms with Crippen LogP contribution in [0.4, 0.5) is 10.1 Å². The lowest BCUT2D eigenvalue weighted by atomic mass is 9.86. The van der Waals surface area contributed by atoms with Crippen LogP contribution in [0.2, 0.25) is 0 Å². The van der Waals surface area contributed by atoms with Crippen LogP contribution in [0.25, 0.3) is 0 Å². The molecule has 0 bridgehead atoms. The van der Waals surface area contributed by atoms with Gasteiger partial charge in [-0.15, -0.1) is 12.4 Å². The van der Waals surface area contributed by atoms with Gasteiger partial charge in [0.25, 0.3) is 5.69 Å². The molecule has 1 aliphatic heterocycles. The van der Waals surface area contributed by atoms with E-state index >= 15 is 0 Å². The molecule has 0 saturated carbocycles. The zero-order chi connectivity index (χ0) is 13.1. The van der Waals surface area contributed by atoms with Crippen molar-refractivity contribution in [1.29, 1.82) is 0 Å². The van der Waals surface area contributed by atoms with Crippen molar-refractivity contribution in [1.82, 2.24) is 5.32 Å². The number of nitrogens with one attached hydrogen (secondary N) is 1. The van der Waals surface area contributed by atoms with Crippen LogP contribution in [-0.4, -0.2) is 18.0 Å². The predicted molar refractivity (Wildman–Crippen MR) is 72.8 cm³/mol. The molecule has 0 amide bonds. The van der Waals surface area contributed by atoms with Crippen molar-refractivity contribution in [3.05, 3.63) is 39.7 Å². The first-order valence-corrected chi connectivity index (χ1v) is 5.99. The summed E-state index contributed by atoms with van der Waals surface area (Å²) >= 11 is 0. The molecule has 0 aliphatic carbocycles. The molecular weight excluding hydrogens is 273 g/mol. The van der Waals surface area contributed by atoms with Gasteiger partial charge >= 0.3 is 0 Å². The molecule has 5 nitrogen and oxygen atoms in total. The second kappa shape index (κ2) is 6.79. The Labute approximate surface area is 116 Å². The molecule has 2 rings (SSSR count). The summed E-state index contributed by atoms with van der Waals surface area (Å²) in [4.78, 5) is 10.4. The molecule has 106 valence electrons. The summed E-state index contributed by atoms with van der Waals surface area (Å²) in [6, 6.07) is 3.19. The molecule has 1 atom stereocenters. The van der Waals surface area contributed by atoms with E-state index in [9.17, 15) is 14.5 Å². The Morgan fingerprint density at radius 1 is 1.42 bits per heavy atom. The molecule has 7 heteroatoms. The quantitative estimate of drug-likeness (QED) is 0.660. The van der Waals surface area contributed by atoms with Crippen molar-refractivity contribution in [3.8, 4) is 0 Å². The number of halogens is 2. The first kappa shape index (κ1) is 15.8. The fourth-order valence-electron chi connectivity index (χ4n) is 2.41. The second-order valence-electron chi connectivity index (χ2n) is 4.57. The summed E-state index contributed by atoms with van der Waals surface area (Å²) in [6.07, 6.45) is 1.77. The second-order valence-corrected chi connectivity index (χ2v) is 4.57. The molecule has 0 radical (unpaired) electrons. The molecule has 0 unspecified atom stereocenters. The highest BCUT2D eigenvalue weighted by atomic mass is 35.5. The standard InChI is InChI=1S/C12H16FN3O2.ClH/c13-9-1-2-10(11(7-9)16(17)18)12(14)8-3-5-15-6-4-8;/h1-2,7-8,12,15H,3-6,14H2;1H/t12-;/m1./s1. The Balaban J connectivity index is 0.00000180. The first-order chi connectivity index (χ1) is 8.59. The van der Waals surface area contributed by atoms with E-state index in [1.165, 1.54) is 12.1 Å². The third-order valence-corrected chi connectivity index (χ3v) is 3.44. The summed E-state index contributed by atoms with van der Waals surface area (Å²) in [6.45, 7) is 1.74. The van der Waals surface area contributed by atoms with E-state index in [1.54, 1.807) is 0 Å². The average molecular weight is 290 g/mol. The number of piperidine rings is 1. The highest BCUT2D eigenvalue weighted by Gasteiger charge is 2.27. The van der Waals surface area contributed by atoms with Crippen molar-refractivity contribution in [2.75, 3.05) is 13.1 Å². The van der Waals surface area contributed by atoms with Crippen LogP contribution in [0, 0.1) is 21.8 Å². The van der Waals surface area contributed by atoms with Gasteiger partial charge in [0, 0.05) is 11.6 Å². The van der Waals surface area contributed by atoms with Gasteiger partial charge in [0.15, 0.2) is 0 Å². The number of nitrogens with two attached hydrogens (primary N) is 1. The molecular formula is C12H17ClFN3O2. The summed E-state index contributed by atoms with van der Waals surface area (Å²) in [7, 11) is 0. The lowest BCUT2D eigenvalue weighted by Gasteiger charge is -2.28. The van der Waals surface area contributed by atoms with Gasteiger partial charge < -0.3 is 11.1 Å². The van der Waals surface area contributed by atoms with Crippen molar-refractivity contribution >= 4 is 18.1 Å². The lowest BCUT2D eigenvalue weighted by Crippen LogP contribution is -2.34. The number of hydrogen-bond acceptors (Lipinski definition) is 4. The van der Waals surface area contributed by atoms with Crippen molar-refractivity contribution in [3.63, 3.8) is 0 Å². The summed E-state index contributed by atoms with van der Waals surface area (Å²) in [5.41, 5.74) is 6.31. The average Bonchev–Trinajstić information content (AvgIpc) is 2.39. The third-order valence-electron chi connectivity index (χ3n) is 3.44. The van der Waals surface area contributed by atoms with Gasteiger partial charge in [-0.25, -0.2) is 4.39 Å². The van der Waals surface area contributed by atoms with Crippen molar-refractivity contribution < 1.29 is 9.31 Å². The highest BCUT2D eigenvalue weighted by molar-refractivity contribution is 5.85. The van der Waals surface area contributed by atoms with E-state index in [2.05, 4.69) is 5.32 Å². The molecule has 1 aromatic carbocycles. The SMILES string of the molecule is Cl.N[C@@H](c1ccc(F)cc1[N+](=O)[O-])C1CCNCC1. The molecule has 0 spiro atoms. The smallest absolute Gasteiger partial charge is 0.277 e. The number of hydrogen-bond donors (Lipinski definition) is 2. The van der Waals surface area contributed by atoms with Crippen LogP contribution < -0.4 is 11.1 Å². The minimum Gasteiger partial charge on any atom is -0.323 e. The molecule has 1 aliphatic rings. The lowest BCUT2D eigenvalue weighted by molar-refractivity contribution is -0.386. The van der Waals surface area contributed by atoms with Crippen molar-refractivity contribution in [2.45, 2.75) is 18.9 Å². The fraction of sp³-hybridized carbons (Fsp3) is 0.500. The zero-order valence-electron chi connectivity index (χ0n) is 10.3. The van der Waals surface area contributed by atoms with Gasteiger partial charge in [-0.2, -0.15) is 0 Å². The van der Waals surface area contributed by atoms with Gasteiger partial charge in [-0.3, -0.25) is 10.1 Å². The Morgan fingerprint density at radius 2 is 2.05 bits per heavy atom. The molecule has 1 aromatic rings. The molecule has 1 fully saturated rings. The number of rotatable bonds is 3. The highest BCUT2D eigenvalue weighted by Crippen LogP contribution is 2.32. The van der Waals surface area contributed by atoms with Gasteiger partial charge in [-0.1, -0.05) is 0 Å². The number of nitro benzene ring substituents is 1. The molecule has 19 heavy (non-hydrogen) atoms. The normalized spacial score (nSPS) is 17.6. The number of benzene rings is 1. The maximum atomic E-state index is 13.1.